The second kappa shape index (κ2) is 5.46. The highest BCUT2D eigenvalue weighted by molar-refractivity contribution is 9.10. The van der Waals surface area contributed by atoms with Crippen molar-refractivity contribution < 1.29 is 13.2 Å². The molecule has 20 heavy (non-hydrogen) atoms. The molecule has 0 saturated heterocycles. The number of amides is 1. The van der Waals surface area contributed by atoms with Gasteiger partial charge in [0.05, 0.1) is 4.90 Å². The lowest BCUT2D eigenvalue weighted by atomic mass is 10.1. The van der Waals surface area contributed by atoms with Crippen molar-refractivity contribution in [3.05, 3.63) is 27.7 Å². The van der Waals surface area contributed by atoms with Crippen molar-refractivity contribution in [3.8, 4) is 0 Å². The van der Waals surface area contributed by atoms with E-state index in [0.717, 1.165) is 12.8 Å². The first-order chi connectivity index (χ1) is 9.20. The Kier molecular flexibility index (Phi) is 4.22. The zero-order chi connectivity index (χ0) is 15.1. The van der Waals surface area contributed by atoms with Crippen molar-refractivity contribution in [2.45, 2.75) is 37.6 Å². The first-order valence-corrected chi connectivity index (χ1v) is 8.68. The van der Waals surface area contributed by atoms with Crippen LogP contribution in [-0.4, -0.2) is 20.4 Å². The van der Waals surface area contributed by atoms with Gasteiger partial charge in [0.2, 0.25) is 10.0 Å². The molecule has 0 heterocycles. The summed E-state index contributed by atoms with van der Waals surface area (Å²) in [7, 11) is -3.84. The third kappa shape index (κ3) is 3.39. The molecule has 1 aliphatic rings. The van der Waals surface area contributed by atoms with Crippen molar-refractivity contribution in [2.24, 2.45) is 11.1 Å². The fraction of sp³-hybridized carbons (Fsp3) is 0.462. The molecule has 0 aromatic heterocycles. The summed E-state index contributed by atoms with van der Waals surface area (Å²) in [5.41, 5.74) is 1.02. The molecule has 0 spiro atoms. The lowest BCUT2D eigenvalue weighted by molar-refractivity contribution is 0.0935. The molecule has 5 nitrogen and oxygen atoms in total. The Balaban J connectivity index is 2.34. The molecule has 7 heteroatoms. The van der Waals surface area contributed by atoms with Gasteiger partial charge in [-0.15, -0.1) is 0 Å². The molecule has 1 aromatic carbocycles. The van der Waals surface area contributed by atoms with Crippen molar-refractivity contribution in [3.63, 3.8) is 0 Å². The van der Waals surface area contributed by atoms with Crippen molar-refractivity contribution >= 4 is 31.9 Å². The number of nitrogens with one attached hydrogen (secondary N) is 1. The predicted octanol–water partition coefficient (Wildman–Crippen LogP) is 1.93. The number of rotatable bonds is 4. The van der Waals surface area contributed by atoms with Crippen LogP contribution in [0.3, 0.4) is 0 Å². The van der Waals surface area contributed by atoms with E-state index in [1.54, 1.807) is 6.92 Å². The summed E-state index contributed by atoms with van der Waals surface area (Å²) in [5, 5.41) is 8.03. The zero-order valence-electron chi connectivity index (χ0n) is 11.3. The van der Waals surface area contributed by atoms with E-state index in [-0.39, 0.29) is 16.8 Å². The number of benzene rings is 1. The number of hydrogen-bond acceptors (Lipinski definition) is 3. The van der Waals surface area contributed by atoms with Crippen LogP contribution in [0.1, 0.15) is 35.7 Å². The summed E-state index contributed by atoms with van der Waals surface area (Å²) in [6.07, 6.45) is 2.25. The largest absolute Gasteiger partial charge is 0.349 e. The maximum Gasteiger partial charge on any atom is 0.251 e. The second-order valence-corrected chi connectivity index (χ2v) is 7.64. The Morgan fingerprint density at radius 1 is 1.45 bits per heavy atom. The van der Waals surface area contributed by atoms with Crippen LogP contribution >= 0.6 is 15.9 Å². The first-order valence-electron chi connectivity index (χ1n) is 6.34. The van der Waals surface area contributed by atoms with Gasteiger partial charge in [0.25, 0.3) is 5.91 Å². The van der Waals surface area contributed by atoms with E-state index in [2.05, 4.69) is 21.2 Å². The lowest BCUT2D eigenvalue weighted by Gasteiger charge is -2.15. The summed E-state index contributed by atoms with van der Waals surface area (Å²) in [6, 6.07) is 2.83. The fourth-order valence-electron chi connectivity index (χ4n) is 2.05. The van der Waals surface area contributed by atoms with Crippen LogP contribution in [0.25, 0.3) is 0 Å². The molecule has 1 aliphatic carbocycles. The molecule has 1 atom stereocenters. The van der Waals surface area contributed by atoms with Gasteiger partial charge < -0.3 is 5.32 Å². The lowest BCUT2D eigenvalue weighted by Crippen LogP contribution is -2.34. The van der Waals surface area contributed by atoms with E-state index in [1.807, 2.05) is 6.92 Å². The van der Waals surface area contributed by atoms with Crippen LogP contribution in [0.4, 0.5) is 0 Å². The highest BCUT2D eigenvalue weighted by Crippen LogP contribution is 2.32. The third-order valence-corrected chi connectivity index (χ3v) is 5.30. The van der Waals surface area contributed by atoms with Gasteiger partial charge in [-0.2, -0.15) is 0 Å². The first kappa shape index (κ1) is 15.5. The average Bonchev–Trinajstić information content (AvgIpc) is 3.14. The van der Waals surface area contributed by atoms with Gasteiger partial charge in [0.15, 0.2) is 0 Å². The quantitative estimate of drug-likeness (QED) is 0.859. The van der Waals surface area contributed by atoms with Crippen LogP contribution in [0, 0.1) is 12.8 Å². The monoisotopic (exact) mass is 360 g/mol. The molecule has 1 unspecified atom stereocenters. The number of hydrogen-bond donors (Lipinski definition) is 2. The summed E-state index contributed by atoms with van der Waals surface area (Å²) in [5.74, 6) is 0.261. The van der Waals surface area contributed by atoms with Gasteiger partial charge in [-0.05, 0) is 50.3 Å². The van der Waals surface area contributed by atoms with Gasteiger partial charge in [-0.25, -0.2) is 13.6 Å². The summed E-state index contributed by atoms with van der Waals surface area (Å²) >= 11 is 3.27. The molecule has 1 saturated carbocycles. The minimum Gasteiger partial charge on any atom is -0.349 e. The van der Waals surface area contributed by atoms with E-state index >= 15 is 0 Å². The number of carbonyl (C=O) groups is 1. The number of sulfonamides is 1. The molecular weight excluding hydrogens is 344 g/mol. The molecule has 0 aliphatic heterocycles. The van der Waals surface area contributed by atoms with E-state index in [4.69, 9.17) is 5.14 Å². The van der Waals surface area contributed by atoms with E-state index in [1.165, 1.54) is 12.1 Å². The van der Waals surface area contributed by atoms with Crippen molar-refractivity contribution in [1.82, 2.24) is 5.32 Å². The van der Waals surface area contributed by atoms with Crippen molar-refractivity contribution in [2.75, 3.05) is 0 Å². The van der Waals surface area contributed by atoms with Gasteiger partial charge in [0, 0.05) is 16.1 Å². The van der Waals surface area contributed by atoms with Crippen LogP contribution in [0.2, 0.25) is 0 Å². The van der Waals surface area contributed by atoms with E-state index < -0.39 is 10.0 Å². The maximum absolute atomic E-state index is 12.3. The number of nitrogens with two attached hydrogens (primary N) is 1. The van der Waals surface area contributed by atoms with Gasteiger partial charge in [-0.3, -0.25) is 4.79 Å². The van der Waals surface area contributed by atoms with Crippen LogP contribution in [0.15, 0.2) is 21.5 Å². The Labute approximate surface area is 127 Å². The molecule has 1 fully saturated rings. The number of halogens is 1. The Morgan fingerprint density at radius 3 is 2.55 bits per heavy atom. The van der Waals surface area contributed by atoms with Crippen molar-refractivity contribution in [1.29, 1.82) is 0 Å². The molecule has 1 aromatic rings. The second-order valence-electron chi connectivity index (χ2n) is 5.22. The topological polar surface area (TPSA) is 89.3 Å². The normalized spacial score (nSPS) is 16.8. The Morgan fingerprint density at radius 2 is 2.05 bits per heavy atom. The molecule has 0 radical (unpaired) electrons. The fourth-order valence-corrected chi connectivity index (χ4v) is 3.23. The summed E-state index contributed by atoms with van der Waals surface area (Å²) < 4.78 is 23.4. The van der Waals surface area contributed by atoms with Crippen LogP contribution < -0.4 is 10.5 Å². The Bertz CT molecular complexity index is 654. The van der Waals surface area contributed by atoms with E-state index in [9.17, 15) is 13.2 Å². The molecule has 3 N–H and O–H groups in total. The molecular formula is C13H17BrN2O3S. The summed E-state index contributed by atoms with van der Waals surface area (Å²) in [6.45, 7) is 3.72. The highest BCUT2D eigenvalue weighted by atomic mass is 79.9. The molecule has 1 amide bonds. The van der Waals surface area contributed by atoms with Crippen LogP contribution in [-0.2, 0) is 10.0 Å². The standard InChI is InChI=1S/C13H17BrN2O3S/c1-7-11(13(17)16-8(2)9-3-4-9)5-10(6-12(7)14)20(15,18)19/h5-6,8-9H,3-4H2,1-2H3,(H,16,17)(H2,15,18,19). The minimum absolute atomic E-state index is 0.0702. The van der Waals surface area contributed by atoms with Gasteiger partial charge in [0.1, 0.15) is 0 Å². The highest BCUT2D eigenvalue weighted by Gasteiger charge is 2.29. The van der Waals surface area contributed by atoms with E-state index in [0.29, 0.717) is 21.5 Å². The SMILES string of the molecule is Cc1c(Br)cc(S(N)(=O)=O)cc1C(=O)NC(C)C1CC1. The van der Waals surface area contributed by atoms with Gasteiger partial charge in [-0.1, -0.05) is 15.9 Å². The molecule has 110 valence electrons. The average molecular weight is 361 g/mol. The number of carbonyl (C=O) groups excluding carboxylic acids is 1. The summed E-state index contributed by atoms with van der Waals surface area (Å²) in [4.78, 5) is 12.2. The Hall–Kier alpha value is -0.920. The van der Waals surface area contributed by atoms with Gasteiger partial charge >= 0.3 is 0 Å². The van der Waals surface area contributed by atoms with Crippen LogP contribution in [0.5, 0.6) is 0 Å². The molecule has 2 rings (SSSR count). The minimum atomic E-state index is -3.84. The smallest absolute Gasteiger partial charge is 0.251 e. The maximum atomic E-state index is 12.3. The molecule has 0 bridgehead atoms. The predicted molar refractivity (Wildman–Crippen MR) is 79.9 cm³/mol. The number of primary sulfonamides is 1. The third-order valence-electron chi connectivity index (χ3n) is 3.58. The zero-order valence-corrected chi connectivity index (χ0v) is 13.7.